The molecule has 0 bridgehead atoms. The summed E-state index contributed by atoms with van der Waals surface area (Å²) in [7, 11) is 0. The van der Waals surface area contributed by atoms with Crippen LogP contribution in [0, 0.1) is 0 Å². The smallest absolute Gasteiger partial charge is 0.170 e. The molecule has 0 aromatic carbocycles. The van der Waals surface area contributed by atoms with Crippen molar-refractivity contribution in [2.24, 2.45) is 0 Å². The lowest BCUT2D eigenvalue weighted by Gasteiger charge is -2.19. The van der Waals surface area contributed by atoms with Crippen LogP contribution in [0.25, 0.3) is 0 Å². The first-order valence-electron chi connectivity index (χ1n) is 5.90. The second kappa shape index (κ2) is 7.25. The fourth-order valence-electron chi connectivity index (χ4n) is 1.23. The number of hydrogen-bond donors (Lipinski definition) is 1. The Balaban J connectivity index is 2.40. The van der Waals surface area contributed by atoms with Crippen molar-refractivity contribution in [2.45, 2.75) is 56.2 Å². The van der Waals surface area contributed by atoms with Crippen LogP contribution < -0.4 is 5.32 Å². The van der Waals surface area contributed by atoms with Gasteiger partial charge in [0.15, 0.2) is 4.34 Å². The Labute approximate surface area is 107 Å². The Morgan fingerprint density at radius 1 is 1.38 bits per heavy atom. The van der Waals surface area contributed by atoms with Crippen LogP contribution in [0.4, 0.5) is 0 Å². The van der Waals surface area contributed by atoms with E-state index in [-0.39, 0.29) is 0 Å². The van der Waals surface area contributed by atoms with Crippen LogP contribution in [0.5, 0.6) is 0 Å². The molecule has 0 spiro atoms. The van der Waals surface area contributed by atoms with Gasteiger partial charge >= 0.3 is 0 Å². The number of rotatable bonds is 7. The fourth-order valence-corrected chi connectivity index (χ4v) is 3.24. The molecule has 1 aromatic heterocycles. The Morgan fingerprint density at radius 2 is 2.12 bits per heavy atom. The number of aryl methyl sites for hydroxylation is 1. The maximum atomic E-state index is 4.47. The molecule has 2 unspecified atom stereocenters. The first-order chi connectivity index (χ1) is 7.67. The average Bonchev–Trinajstić information content (AvgIpc) is 2.73. The zero-order valence-corrected chi connectivity index (χ0v) is 12.1. The van der Waals surface area contributed by atoms with Gasteiger partial charge in [-0.2, -0.15) is 4.37 Å². The number of nitrogens with zero attached hydrogens (tertiary/aromatic N) is 2. The maximum absolute atomic E-state index is 4.47. The van der Waals surface area contributed by atoms with Crippen molar-refractivity contribution in [1.29, 1.82) is 0 Å². The molecule has 0 aliphatic heterocycles. The van der Waals surface area contributed by atoms with Gasteiger partial charge in [-0.25, -0.2) is 4.98 Å². The predicted molar refractivity (Wildman–Crippen MR) is 72.4 cm³/mol. The van der Waals surface area contributed by atoms with Crippen LogP contribution in [0.1, 0.15) is 39.9 Å². The molecule has 0 radical (unpaired) electrons. The highest BCUT2D eigenvalue weighted by molar-refractivity contribution is 8.01. The van der Waals surface area contributed by atoms with Gasteiger partial charge in [-0.3, -0.25) is 0 Å². The summed E-state index contributed by atoms with van der Waals surface area (Å²) in [6.07, 6.45) is 2.11. The van der Waals surface area contributed by atoms with E-state index in [0.717, 1.165) is 23.1 Å². The molecule has 0 saturated heterocycles. The number of nitrogens with one attached hydrogen (secondary N) is 1. The summed E-state index contributed by atoms with van der Waals surface area (Å²) in [4.78, 5) is 4.47. The van der Waals surface area contributed by atoms with E-state index in [9.17, 15) is 0 Å². The highest BCUT2D eigenvalue weighted by atomic mass is 32.2. The molecule has 1 rings (SSSR count). The molecule has 2 atom stereocenters. The fraction of sp³-hybridized carbons (Fsp3) is 0.818. The molecule has 3 nitrogen and oxygen atoms in total. The lowest BCUT2D eigenvalue weighted by atomic mass is 10.2. The van der Waals surface area contributed by atoms with E-state index >= 15 is 0 Å². The van der Waals surface area contributed by atoms with Crippen LogP contribution in [-0.4, -0.2) is 27.2 Å². The van der Waals surface area contributed by atoms with Gasteiger partial charge in [0, 0.05) is 17.7 Å². The van der Waals surface area contributed by atoms with Crippen molar-refractivity contribution >= 4 is 23.3 Å². The lowest BCUT2D eigenvalue weighted by molar-refractivity contribution is 0.542. The quantitative estimate of drug-likeness (QED) is 0.764. The van der Waals surface area contributed by atoms with Crippen molar-refractivity contribution in [3.63, 3.8) is 0 Å². The first-order valence-corrected chi connectivity index (χ1v) is 7.55. The van der Waals surface area contributed by atoms with Gasteiger partial charge < -0.3 is 5.32 Å². The van der Waals surface area contributed by atoms with Gasteiger partial charge in [-0.05, 0) is 31.4 Å². The van der Waals surface area contributed by atoms with Crippen molar-refractivity contribution in [3.05, 3.63) is 5.82 Å². The summed E-state index contributed by atoms with van der Waals surface area (Å²) in [5.74, 6) is 0.967. The molecule has 1 N–H and O–H groups in total. The second-order valence-corrected chi connectivity index (χ2v) is 6.27. The summed E-state index contributed by atoms with van der Waals surface area (Å²) in [6.45, 7) is 9.84. The standard InChI is InChI=1S/C11H21N3S2/c1-5-7-12-8(3)9(4)15-11-13-10(6-2)14-16-11/h8-9,12H,5-7H2,1-4H3. The normalized spacial score (nSPS) is 15.0. The van der Waals surface area contributed by atoms with Gasteiger partial charge in [0.25, 0.3) is 0 Å². The van der Waals surface area contributed by atoms with Crippen LogP contribution >= 0.6 is 23.3 Å². The van der Waals surface area contributed by atoms with Crippen molar-refractivity contribution in [2.75, 3.05) is 6.54 Å². The molecule has 1 aromatic rings. The first kappa shape index (κ1) is 13.9. The topological polar surface area (TPSA) is 37.8 Å². The minimum atomic E-state index is 0.513. The third-order valence-corrected chi connectivity index (χ3v) is 4.61. The molecule has 92 valence electrons. The molecular formula is C11H21N3S2. The highest BCUT2D eigenvalue weighted by Gasteiger charge is 2.15. The Morgan fingerprint density at radius 3 is 2.69 bits per heavy atom. The summed E-state index contributed by atoms with van der Waals surface area (Å²) < 4.78 is 5.39. The highest BCUT2D eigenvalue weighted by Crippen LogP contribution is 2.26. The van der Waals surface area contributed by atoms with Gasteiger partial charge in [-0.1, -0.05) is 32.5 Å². The second-order valence-electron chi connectivity index (χ2n) is 3.90. The Bertz CT molecular complexity index is 301. The SMILES string of the molecule is CCCNC(C)C(C)Sc1nc(CC)ns1. The van der Waals surface area contributed by atoms with E-state index in [1.54, 1.807) is 0 Å². The van der Waals surface area contributed by atoms with Crippen molar-refractivity contribution in [3.8, 4) is 0 Å². The number of aromatic nitrogens is 2. The minimum absolute atomic E-state index is 0.513. The molecule has 0 aliphatic carbocycles. The molecular weight excluding hydrogens is 238 g/mol. The average molecular weight is 259 g/mol. The molecule has 0 saturated carbocycles. The molecule has 16 heavy (non-hydrogen) atoms. The van der Waals surface area contributed by atoms with E-state index in [1.165, 1.54) is 18.0 Å². The maximum Gasteiger partial charge on any atom is 0.170 e. The molecule has 5 heteroatoms. The Kier molecular flexibility index (Phi) is 6.31. The zero-order valence-electron chi connectivity index (χ0n) is 10.5. The molecule has 0 aliphatic rings. The molecule has 0 fully saturated rings. The van der Waals surface area contributed by atoms with Crippen LogP contribution in [0.2, 0.25) is 0 Å². The van der Waals surface area contributed by atoms with Gasteiger partial charge in [-0.15, -0.1) is 0 Å². The third kappa shape index (κ3) is 4.39. The van der Waals surface area contributed by atoms with Gasteiger partial charge in [0.2, 0.25) is 0 Å². The van der Waals surface area contributed by atoms with E-state index in [0.29, 0.717) is 11.3 Å². The van der Waals surface area contributed by atoms with Crippen molar-refractivity contribution in [1.82, 2.24) is 14.7 Å². The van der Waals surface area contributed by atoms with Gasteiger partial charge in [0.1, 0.15) is 5.82 Å². The van der Waals surface area contributed by atoms with Gasteiger partial charge in [0.05, 0.1) is 0 Å². The summed E-state index contributed by atoms with van der Waals surface area (Å²) in [5, 5.41) is 4.04. The summed E-state index contributed by atoms with van der Waals surface area (Å²) >= 11 is 3.34. The summed E-state index contributed by atoms with van der Waals surface area (Å²) in [5.41, 5.74) is 0. The van der Waals surface area contributed by atoms with E-state index in [1.807, 2.05) is 11.8 Å². The number of thioether (sulfide) groups is 1. The van der Waals surface area contributed by atoms with E-state index < -0.39 is 0 Å². The minimum Gasteiger partial charge on any atom is -0.313 e. The van der Waals surface area contributed by atoms with E-state index in [2.05, 4.69) is 42.4 Å². The lowest BCUT2D eigenvalue weighted by Crippen LogP contribution is -2.34. The van der Waals surface area contributed by atoms with E-state index in [4.69, 9.17) is 0 Å². The molecule has 1 heterocycles. The third-order valence-electron chi connectivity index (χ3n) is 2.47. The summed E-state index contributed by atoms with van der Waals surface area (Å²) in [6, 6.07) is 0.513. The largest absolute Gasteiger partial charge is 0.313 e. The van der Waals surface area contributed by atoms with Crippen LogP contribution in [-0.2, 0) is 6.42 Å². The Hall–Kier alpha value is -0.130. The number of hydrogen-bond acceptors (Lipinski definition) is 5. The van der Waals surface area contributed by atoms with Crippen molar-refractivity contribution < 1.29 is 0 Å². The van der Waals surface area contributed by atoms with Crippen LogP contribution in [0.15, 0.2) is 4.34 Å². The zero-order chi connectivity index (χ0) is 12.0. The monoisotopic (exact) mass is 259 g/mol. The van der Waals surface area contributed by atoms with Crippen LogP contribution in [0.3, 0.4) is 0 Å². The molecule has 0 amide bonds. The predicted octanol–water partition coefficient (Wildman–Crippen LogP) is 2.97.